The molecule has 4 nitrogen and oxygen atoms in total. The topological polar surface area (TPSA) is 55.4 Å². The summed E-state index contributed by atoms with van der Waals surface area (Å²) in [6.45, 7) is 14.8. The van der Waals surface area contributed by atoms with Gasteiger partial charge in [-0.15, -0.1) is 6.58 Å². The van der Waals surface area contributed by atoms with Crippen LogP contribution < -0.4 is 5.32 Å². The van der Waals surface area contributed by atoms with Crippen LogP contribution in [0.2, 0.25) is 0 Å². The van der Waals surface area contributed by atoms with E-state index in [9.17, 15) is 9.59 Å². The number of fused-ring (bicyclic) bond motifs is 1. The van der Waals surface area contributed by atoms with E-state index in [-0.39, 0.29) is 29.3 Å². The second kappa shape index (κ2) is 11.8. The number of carbonyl (C=O) groups excluding carboxylic acids is 2. The third kappa shape index (κ3) is 6.27. The molecule has 1 aliphatic rings. The molecule has 0 aliphatic heterocycles. The highest BCUT2D eigenvalue weighted by atomic mass is 16.5. The van der Waals surface area contributed by atoms with Crippen molar-refractivity contribution in [2.45, 2.75) is 77.4 Å². The lowest BCUT2D eigenvalue weighted by Gasteiger charge is -2.45. The Kier molecular flexibility index (Phi) is 8.64. The summed E-state index contributed by atoms with van der Waals surface area (Å²) < 4.78 is 6.44. The van der Waals surface area contributed by atoms with Crippen molar-refractivity contribution in [2.24, 2.45) is 17.8 Å². The zero-order valence-electron chi connectivity index (χ0n) is 24.1. The number of benzene rings is 3. The van der Waals surface area contributed by atoms with Crippen LogP contribution in [0, 0.1) is 17.8 Å². The summed E-state index contributed by atoms with van der Waals surface area (Å²) in [5.74, 6) is 0.00702. The molecule has 3 aromatic rings. The van der Waals surface area contributed by atoms with Gasteiger partial charge in [0.2, 0.25) is 0 Å². The first-order valence-electron chi connectivity index (χ1n) is 14.3. The summed E-state index contributed by atoms with van der Waals surface area (Å²) in [7, 11) is 0. The van der Waals surface area contributed by atoms with E-state index in [1.165, 1.54) is 16.3 Å². The molecular formula is C35H43NO3. The zero-order chi connectivity index (χ0) is 28.2. The second-order valence-corrected chi connectivity index (χ2v) is 12.3. The minimum absolute atomic E-state index is 0.141. The van der Waals surface area contributed by atoms with Crippen molar-refractivity contribution in [3.05, 3.63) is 96.6 Å². The van der Waals surface area contributed by atoms with Gasteiger partial charge in [-0.2, -0.15) is 0 Å². The Morgan fingerprint density at radius 1 is 1.00 bits per heavy atom. The van der Waals surface area contributed by atoms with Crippen molar-refractivity contribution in [3.8, 4) is 0 Å². The molecule has 0 bridgehead atoms. The predicted molar refractivity (Wildman–Crippen MR) is 160 cm³/mol. The second-order valence-electron chi connectivity index (χ2n) is 12.3. The molecular weight excluding hydrogens is 482 g/mol. The molecule has 0 aromatic heterocycles. The van der Waals surface area contributed by atoms with E-state index < -0.39 is 11.5 Å². The summed E-state index contributed by atoms with van der Waals surface area (Å²) in [4.78, 5) is 27.2. The van der Waals surface area contributed by atoms with E-state index in [4.69, 9.17) is 4.74 Å². The van der Waals surface area contributed by atoms with Gasteiger partial charge in [0.15, 0.2) is 5.54 Å². The van der Waals surface area contributed by atoms with Crippen LogP contribution >= 0.6 is 0 Å². The first-order valence-corrected chi connectivity index (χ1v) is 14.3. The van der Waals surface area contributed by atoms with Crippen LogP contribution in [0.4, 0.5) is 0 Å². The summed E-state index contributed by atoms with van der Waals surface area (Å²) >= 11 is 0. The van der Waals surface area contributed by atoms with E-state index >= 15 is 0 Å². The smallest absolute Gasteiger partial charge is 0.336 e. The average Bonchev–Trinajstić information content (AvgIpc) is 2.92. The normalized spacial score (nSPS) is 21.2. The standard InChI is InChI=1S/C35H43NO3/c1-7-35(23-24(2)3,36-32(37)27-14-9-8-10-15-27)33(38)39-31-21-25(4)17-20-30(31)34(5,6)29-19-18-26-13-11-12-16-28(26)22-29/h7-16,18-19,22,24-25,30-31H,1,17,20-21,23H2,2-6H3,(H,36,37)/t25-,30-,31-,35+/m1/s1. The van der Waals surface area contributed by atoms with Gasteiger partial charge in [0.1, 0.15) is 6.10 Å². The molecule has 39 heavy (non-hydrogen) atoms. The predicted octanol–water partition coefficient (Wildman–Crippen LogP) is 7.87. The highest BCUT2D eigenvalue weighted by Gasteiger charge is 2.46. The first-order chi connectivity index (χ1) is 18.6. The molecule has 0 spiro atoms. The van der Waals surface area contributed by atoms with E-state index in [1.807, 2.05) is 32.0 Å². The molecule has 0 saturated heterocycles. The number of amides is 1. The molecule has 206 valence electrons. The quantitative estimate of drug-likeness (QED) is 0.228. The van der Waals surface area contributed by atoms with Gasteiger partial charge in [-0.25, -0.2) is 4.79 Å². The van der Waals surface area contributed by atoms with Gasteiger partial charge < -0.3 is 10.1 Å². The number of hydrogen-bond acceptors (Lipinski definition) is 3. The highest BCUT2D eigenvalue weighted by Crippen LogP contribution is 2.44. The number of hydrogen-bond donors (Lipinski definition) is 1. The maximum atomic E-state index is 14.0. The van der Waals surface area contributed by atoms with Crippen LogP contribution in [0.15, 0.2) is 85.5 Å². The molecule has 1 saturated carbocycles. The van der Waals surface area contributed by atoms with Crippen molar-refractivity contribution in [2.75, 3.05) is 0 Å². The number of ether oxygens (including phenoxy) is 1. The maximum absolute atomic E-state index is 14.0. The van der Waals surface area contributed by atoms with Crippen LogP contribution in [0.3, 0.4) is 0 Å². The number of rotatable bonds is 9. The maximum Gasteiger partial charge on any atom is 0.336 e. The Bertz CT molecular complexity index is 1310. The third-order valence-electron chi connectivity index (χ3n) is 8.55. The van der Waals surface area contributed by atoms with Gasteiger partial charge in [0.05, 0.1) is 0 Å². The summed E-state index contributed by atoms with van der Waals surface area (Å²) in [6.07, 6.45) is 4.58. The fourth-order valence-electron chi connectivity index (χ4n) is 6.24. The Morgan fingerprint density at radius 3 is 2.33 bits per heavy atom. The number of carbonyl (C=O) groups is 2. The van der Waals surface area contributed by atoms with E-state index in [0.717, 1.165) is 19.3 Å². The van der Waals surface area contributed by atoms with E-state index in [0.29, 0.717) is 17.9 Å². The average molecular weight is 526 g/mol. The number of nitrogens with one attached hydrogen (secondary N) is 1. The Hall–Kier alpha value is -3.40. The lowest BCUT2D eigenvalue weighted by molar-refractivity contribution is -0.163. The Balaban J connectivity index is 1.63. The molecule has 4 atom stereocenters. The zero-order valence-corrected chi connectivity index (χ0v) is 24.1. The lowest BCUT2D eigenvalue weighted by atomic mass is 9.64. The Labute approximate surface area is 233 Å². The molecule has 4 heteroatoms. The summed E-state index contributed by atoms with van der Waals surface area (Å²) in [5, 5.41) is 5.44. The molecule has 1 N–H and O–H groups in total. The fourth-order valence-corrected chi connectivity index (χ4v) is 6.24. The van der Waals surface area contributed by atoms with Gasteiger partial charge in [-0.3, -0.25) is 4.79 Å². The van der Waals surface area contributed by atoms with Crippen molar-refractivity contribution >= 4 is 22.6 Å². The molecule has 0 heterocycles. The van der Waals surface area contributed by atoms with Crippen LogP contribution in [-0.4, -0.2) is 23.5 Å². The van der Waals surface area contributed by atoms with Crippen molar-refractivity contribution < 1.29 is 14.3 Å². The van der Waals surface area contributed by atoms with Gasteiger partial charge in [-0.05, 0) is 65.0 Å². The van der Waals surface area contributed by atoms with E-state index in [2.05, 4.69) is 75.1 Å². The monoisotopic (exact) mass is 525 g/mol. The largest absolute Gasteiger partial charge is 0.460 e. The van der Waals surface area contributed by atoms with Crippen LogP contribution in [0.25, 0.3) is 10.8 Å². The van der Waals surface area contributed by atoms with Crippen molar-refractivity contribution in [1.82, 2.24) is 5.32 Å². The minimum atomic E-state index is -1.31. The highest BCUT2D eigenvalue weighted by molar-refractivity contribution is 5.99. The van der Waals surface area contributed by atoms with Crippen LogP contribution in [-0.2, 0) is 14.9 Å². The molecule has 3 aromatic carbocycles. The molecule has 4 rings (SSSR count). The lowest BCUT2D eigenvalue weighted by Crippen LogP contribution is -2.56. The van der Waals surface area contributed by atoms with Gasteiger partial charge >= 0.3 is 5.97 Å². The molecule has 1 aliphatic carbocycles. The third-order valence-corrected chi connectivity index (χ3v) is 8.55. The van der Waals surface area contributed by atoms with Crippen molar-refractivity contribution in [3.63, 3.8) is 0 Å². The molecule has 1 amide bonds. The SMILES string of the molecule is C=C[C@@](CC(C)C)(NC(=O)c1ccccc1)C(=O)O[C@@H]1C[C@H](C)CC[C@H]1C(C)(C)c1ccc2ccccc2c1. The van der Waals surface area contributed by atoms with Gasteiger partial charge in [-0.1, -0.05) is 108 Å². The molecule has 1 fully saturated rings. The minimum Gasteiger partial charge on any atom is -0.460 e. The Morgan fingerprint density at radius 2 is 1.67 bits per heavy atom. The van der Waals surface area contributed by atoms with Gasteiger partial charge in [0, 0.05) is 11.5 Å². The summed E-state index contributed by atoms with van der Waals surface area (Å²) in [6, 6.07) is 24.1. The first kappa shape index (κ1) is 28.6. The molecule has 0 radical (unpaired) electrons. The van der Waals surface area contributed by atoms with Crippen LogP contribution in [0.5, 0.6) is 0 Å². The van der Waals surface area contributed by atoms with Crippen LogP contribution in [0.1, 0.15) is 76.2 Å². The molecule has 0 unspecified atom stereocenters. The van der Waals surface area contributed by atoms with Gasteiger partial charge in [0.25, 0.3) is 5.91 Å². The van der Waals surface area contributed by atoms with E-state index in [1.54, 1.807) is 18.2 Å². The number of esters is 1. The summed E-state index contributed by atoms with van der Waals surface area (Å²) in [5.41, 5.74) is 0.231. The van der Waals surface area contributed by atoms with Crippen molar-refractivity contribution in [1.29, 1.82) is 0 Å². The fraction of sp³-hybridized carbons (Fsp3) is 0.429.